The molecule has 0 atom stereocenters. The highest BCUT2D eigenvalue weighted by Gasteiger charge is 2.36. The van der Waals surface area contributed by atoms with Crippen LogP contribution in [0.5, 0.6) is 0 Å². The number of fused-ring (bicyclic) bond motifs is 1. The standard InChI is InChI=1S/C21H20N2O5/c1-14-7-9-15(10-8-14)11-22(2)18(24)13-28-19(25)12-23-17-6-4-3-5-16(17)20(26)21(23)27/h3-10H,11-13H2,1-2H3. The Labute approximate surface area is 162 Å². The Bertz CT molecular complexity index is 936. The van der Waals surface area contributed by atoms with Crippen molar-refractivity contribution in [3.05, 3.63) is 65.2 Å². The number of aryl methyl sites for hydroxylation is 1. The maximum absolute atomic E-state index is 12.2. The fraction of sp³-hybridized carbons (Fsp3) is 0.238. The van der Waals surface area contributed by atoms with Gasteiger partial charge in [-0.05, 0) is 24.6 Å². The van der Waals surface area contributed by atoms with Gasteiger partial charge >= 0.3 is 5.97 Å². The third kappa shape index (κ3) is 4.09. The lowest BCUT2D eigenvalue weighted by Crippen LogP contribution is -2.37. The second-order valence-corrected chi connectivity index (χ2v) is 6.63. The van der Waals surface area contributed by atoms with Crippen LogP contribution in [0.3, 0.4) is 0 Å². The molecule has 0 saturated heterocycles. The second kappa shape index (κ2) is 8.04. The number of ketones is 1. The van der Waals surface area contributed by atoms with Crippen LogP contribution < -0.4 is 4.90 Å². The first-order valence-electron chi connectivity index (χ1n) is 8.77. The van der Waals surface area contributed by atoms with E-state index in [9.17, 15) is 19.2 Å². The van der Waals surface area contributed by atoms with Crippen LogP contribution in [0.1, 0.15) is 21.5 Å². The van der Waals surface area contributed by atoms with E-state index in [4.69, 9.17) is 4.74 Å². The van der Waals surface area contributed by atoms with E-state index in [1.54, 1.807) is 25.2 Å². The monoisotopic (exact) mass is 380 g/mol. The molecule has 2 aromatic carbocycles. The summed E-state index contributed by atoms with van der Waals surface area (Å²) >= 11 is 0. The summed E-state index contributed by atoms with van der Waals surface area (Å²) in [6.07, 6.45) is 0. The minimum absolute atomic E-state index is 0.259. The summed E-state index contributed by atoms with van der Waals surface area (Å²) in [5.74, 6) is -2.55. The van der Waals surface area contributed by atoms with Gasteiger partial charge in [-0.3, -0.25) is 24.1 Å². The van der Waals surface area contributed by atoms with Crippen molar-refractivity contribution in [2.24, 2.45) is 0 Å². The number of anilines is 1. The fourth-order valence-corrected chi connectivity index (χ4v) is 2.89. The quantitative estimate of drug-likeness (QED) is 0.563. The molecule has 0 radical (unpaired) electrons. The Balaban J connectivity index is 1.53. The summed E-state index contributed by atoms with van der Waals surface area (Å²) in [5.41, 5.74) is 2.72. The first-order chi connectivity index (χ1) is 13.4. The van der Waals surface area contributed by atoms with Crippen molar-refractivity contribution in [2.45, 2.75) is 13.5 Å². The van der Waals surface area contributed by atoms with E-state index in [0.717, 1.165) is 16.0 Å². The maximum Gasteiger partial charge on any atom is 0.326 e. The summed E-state index contributed by atoms with van der Waals surface area (Å²) in [4.78, 5) is 50.8. The molecular weight excluding hydrogens is 360 g/mol. The number of rotatable bonds is 6. The van der Waals surface area contributed by atoms with E-state index in [1.807, 2.05) is 31.2 Å². The van der Waals surface area contributed by atoms with Crippen molar-refractivity contribution in [3.63, 3.8) is 0 Å². The Morgan fingerprint density at radius 3 is 2.43 bits per heavy atom. The molecule has 0 aliphatic carbocycles. The molecule has 0 saturated carbocycles. The minimum Gasteiger partial charge on any atom is -0.454 e. The molecule has 1 heterocycles. The molecule has 0 unspecified atom stereocenters. The van der Waals surface area contributed by atoms with Gasteiger partial charge in [0.1, 0.15) is 6.54 Å². The SMILES string of the molecule is Cc1ccc(CN(C)C(=O)COC(=O)CN2C(=O)C(=O)c3ccccc32)cc1. The van der Waals surface area contributed by atoms with Gasteiger partial charge in [0, 0.05) is 13.6 Å². The Morgan fingerprint density at radius 2 is 1.71 bits per heavy atom. The van der Waals surface area contributed by atoms with Gasteiger partial charge in [-0.25, -0.2) is 0 Å². The van der Waals surface area contributed by atoms with Crippen LogP contribution in [0.25, 0.3) is 0 Å². The van der Waals surface area contributed by atoms with E-state index in [-0.39, 0.29) is 11.5 Å². The molecule has 28 heavy (non-hydrogen) atoms. The highest BCUT2D eigenvalue weighted by atomic mass is 16.5. The van der Waals surface area contributed by atoms with E-state index < -0.39 is 30.8 Å². The number of likely N-dealkylation sites (N-methyl/N-ethyl adjacent to an activating group) is 1. The van der Waals surface area contributed by atoms with Gasteiger partial charge in [-0.1, -0.05) is 42.0 Å². The van der Waals surface area contributed by atoms with Crippen LogP contribution in [-0.4, -0.2) is 48.7 Å². The number of hydrogen-bond donors (Lipinski definition) is 0. The van der Waals surface area contributed by atoms with Crippen molar-refractivity contribution < 1.29 is 23.9 Å². The highest BCUT2D eigenvalue weighted by molar-refractivity contribution is 6.52. The summed E-state index contributed by atoms with van der Waals surface area (Å²) in [7, 11) is 1.62. The van der Waals surface area contributed by atoms with E-state index in [0.29, 0.717) is 12.2 Å². The number of Topliss-reactive ketones (excluding diaryl/α,β-unsaturated/α-hetero) is 1. The van der Waals surface area contributed by atoms with Gasteiger partial charge in [-0.15, -0.1) is 0 Å². The Morgan fingerprint density at radius 1 is 1.04 bits per heavy atom. The molecule has 0 fully saturated rings. The molecule has 3 rings (SSSR count). The number of amides is 2. The first-order valence-corrected chi connectivity index (χ1v) is 8.77. The van der Waals surface area contributed by atoms with Crippen LogP contribution in [0.2, 0.25) is 0 Å². The Kier molecular flexibility index (Phi) is 5.54. The molecule has 0 N–H and O–H groups in total. The van der Waals surface area contributed by atoms with Crippen molar-refractivity contribution >= 4 is 29.3 Å². The average molecular weight is 380 g/mol. The van der Waals surface area contributed by atoms with E-state index >= 15 is 0 Å². The molecule has 2 amide bonds. The molecule has 1 aliphatic heterocycles. The maximum atomic E-state index is 12.2. The first kappa shape index (κ1) is 19.3. The molecule has 144 valence electrons. The molecule has 2 aromatic rings. The lowest BCUT2D eigenvalue weighted by Gasteiger charge is -2.18. The van der Waals surface area contributed by atoms with Crippen molar-refractivity contribution in [1.82, 2.24) is 4.90 Å². The van der Waals surface area contributed by atoms with Crippen molar-refractivity contribution in [3.8, 4) is 0 Å². The van der Waals surface area contributed by atoms with Gasteiger partial charge in [-0.2, -0.15) is 0 Å². The molecule has 0 bridgehead atoms. The van der Waals surface area contributed by atoms with Crippen molar-refractivity contribution in [2.75, 3.05) is 25.1 Å². The van der Waals surface area contributed by atoms with E-state index in [2.05, 4.69) is 0 Å². The predicted octanol–water partition coefficient (Wildman–Crippen LogP) is 1.73. The number of benzene rings is 2. The third-order valence-electron chi connectivity index (χ3n) is 4.49. The Hall–Kier alpha value is -3.48. The van der Waals surface area contributed by atoms with Gasteiger partial charge < -0.3 is 9.64 Å². The molecule has 7 nitrogen and oxygen atoms in total. The van der Waals surface area contributed by atoms with Gasteiger partial charge in [0.25, 0.3) is 17.6 Å². The zero-order valence-electron chi connectivity index (χ0n) is 15.7. The summed E-state index contributed by atoms with van der Waals surface area (Å²) in [6.45, 7) is 1.52. The van der Waals surface area contributed by atoms with Gasteiger partial charge in [0.05, 0.1) is 11.3 Å². The van der Waals surface area contributed by atoms with Crippen molar-refractivity contribution in [1.29, 1.82) is 0 Å². The van der Waals surface area contributed by atoms with Crippen LogP contribution in [0, 0.1) is 6.92 Å². The topological polar surface area (TPSA) is 84.0 Å². The fourth-order valence-electron chi connectivity index (χ4n) is 2.89. The summed E-state index contributed by atoms with van der Waals surface area (Å²) < 4.78 is 5.01. The number of carbonyl (C=O) groups excluding carboxylic acids is 4. The normalized spacial score (nSPS) is 12.7. The molecular formula is C21H20N2O5. The van der Waals surface area contributed by atoms with Crippen LogP contribution in [0.4, 0.5) is 5.69 Å². The third-order valence-corrected chi connectivity index (χ3v) is 4.49. The molecule has 1 aliphatic rings. The molecule has 7 heteroatoms. The summed E-state index contributed by atoms with van der Waals surface area (Å²) in [5, 5.41) is 0. The lowest BCUT2D eigenvalue weighted by molar-refractivity contribution is -0.150. The average Bonchev–Trinajstić information content (AvgIpc) is 2.93. The van der Waals surface area contributed by atoms with Crippen LogP contribution in [0.15, 0.2) is 48.5 Å². The number of ether oxygens (including phenoxy) is 1. The van der Waals surface area contributed by atoms with Gasteiger partial charge in [0.2, 0.25) is 0 Å². The number of esters is 1. The second-order valence-electron chi connectivity index (χ2n) is 6.63. The zero-order valence-corrected chi connectivity index (χ0v) is 15.7. The largest absolute Gasteiger partial charge is 0.454 e. The van der Waals surface area contributed by atoms with E-state index in [1.165, 1.54) is 11.0 Å². The number of para-hydroxylation sites is 1. The zero-order chi connectivity index (χ0) is 20.3. The number of nitrogens with zero attached hydrogens (tertiary/aromatic N) is 2. The predicted molar refractivity (Wildman–Crippen MR) is 102 cm³/mol. The lowest BCUT2D eigenvalue weighted by atomic mass is 10.1. The summed E-state index contributed by atoms with van der Waals surface area (Å²) in [6, 6.07) is 14.2. The smallest absolute Gasteiger partial charge is 0.326 e. The molecule has 0 spiro atoms. The number of hydrogen-bond acceptors (Lipinski definition) is 5. The highest BCUT2D eigenvalue weighted by Crippen LogP contribution is 2.28. The van der Waals surface area contributed by atoms with Crippen LogP contribution >= 0.6 is 0 Å². The van der Waals surface area contributed by atoms with Gasteiger partial charge in [0.15, 0.2) is 6.61 Å². The number of carbonyl (C=O) groups is 4. The van der Waals surface area contributed by atoms with Crippen LogP contribution in [-0.2, 0) is 25.7 Å². The minimum atomic E-state index is -0.777. The molecule has 0 aromatic heterocycles.